The molecule has 1 N–H and O–H groups in total. The summed E-state index contributed by atoms with van der Waals surface area (Å²) in [5.74, 6) is 1.11. The van der Waals surface area contributed by atoms with Gasteiger partial charge in [-0.2, -0.15) is 0 Å². The summed E-state index contributed by atoms with van der Waals surface area (Å²) in [5.41, 5.74) is 0.703. The molecule has 7 heteroatoms. The van der Waals surface area contributed by atoms with E-state index in [1.807, 2.05) is 29.2 Å². The SMILES string of the molecule is COc1ccc(C(=O)N2CCN(CC3CN(CC(O)C(C)C)CCO3)CC2)cc1. The molecule has 2 unspecified atom stereocenters. The van der Waals surface area contributed by atoms with Gasteiger partial charge in [-0.05, 0) is 30.2 Å². The van der Waals surface area contributed by atoms with Gasteiger partial charge in [0.15, 0.2) is 0 Å². The Morgan fingerprint density at radius 2 is 1.83 bits per heavy atom. The summed E-state index contributed by atoms with van der Waals surface area (Å²) in [5, 5.41) is 10.2. The average Bonchev–Trinajstić information content (AvgIpc) is 2.74. The first kappa shape index (κ1) is 22.0. The van der Waals surface area contributed by atoms with Crippen molar-refractivity contribution >= 4 is 5.91 Å². The molecular weight excluding hydrogens is 370 g/mol. The minimum atomic E-state index is -0.290. The molecule has 3 rings (SSSR count). The van der Waals surface area contributed by atoms with Crippen molar-refractivity contribution < 1.29 is 19.4 Å². The van der Waals surface area contributed by atoms with Crippen molar-refractivity contribution in [2.45, 2.75) is 26.1 Å². The molecule has 1 aromatic rings. The standard InChI is InChI=1S/C22H35N3O4/c1-17(2)21(26)16-24-12-13-29-20(15-24)14-23-8-10-25(11-9-23)22(27)18-4-6-19(28-3)7-5-18/h4-7,17,20-21,26H,8-16H2,1-3H3. The predicted octanol–water partition coefficient (Wildman–Crippen LogP) is 1.17. The molecule has 2 aliphatic heterocycles. The van der Waals surface area contributed by atoms with Crippen molar-refractivity contribution in [1.29, 1.82) is 0 Å². The van der Waals surface area contributed by atoms with Gasteiger partial charge in [0.1, 0.15) is 5.75 Å². The Kier molecular flexibility index (Phi) is 7.89. The van der Waals surface area contributed by atoms with Crippen LogP contribution in [0.4, 0.5) is 0 Å². The zero-order chi connectivity index (χ0) is 20.8. The van der Waals surface area contributed by atoms with E-state index < -0.39 is 0 Å². The fourth-order valence-electron chi connectivity index (χ4n) is 3.87. The second-order valence-corrected chi connectivity index (χ2v) is 8.39. The zero-order valence-corrected chi connectivity index (χ0v) is 17.9. The predicted molar refractivity (Wildman–Crippen MR) is 112 cm³/mol. The van der Waals surface area contributed by atoms with Crippen LogP contribution in [0.1, 0.15) is 24.2 Å². The largest absolute Gasteiger partial charge is 0.497 e. The maximum Gasteiger partial charge on any atom is 0.253 e. The van der Waals surface area contributed by atoms with Crippen LogP contribution in [-0.4, -0.2) is 104 Å². The average molecular weight is 406 g/mol. The Hall–Kier alpha value is -1.67. The van der Waals surface area contributed by atoms with E-state index in [2.05, 4.69) is 23.6 Å². The molecule has 2 atom stereocenters. The first-order chi connectivity index (χ1) is 14.0. The normalized spacial score (nSPS) is 22.7. The van der Waals surface area contributed by atoms with Gasteiger partial charge in [0.25, 0.3) is 5.91 Å². The van der Waals surface area contributed by atoms with E-state index in [9.17, 15) is 9.90 Å². The number of morpholine rings is 1. The molecule has 0 aliphatic carbocycles. The smallest absolute Gasteiger partial charge is 0.253 e. The molecule has 2 saturated heterocycles. The lowest BCUT2D eigenvalue weighted by Crippen LogP contribution is -2.54. The van der Waals surface area contributed by atoms with E-state index in [4.69, 9.17) is 9.47 Å². The quantitative estimate of drug-likeness (QED) is 0.735. The van der Waals surface area contributed by atoms with Crippen molar-refractivity contribution in [3.63, 3.8) is 0 Å². The van der Waals surface area contributed by atoms with E-state index in [-0.39, 0.29) is 24.0 Å². The van der Waals surface area contributed by atoms with Crippen molar-refractivity contribution in [2.75, 3.05) is 66.1 Å². The number of ether oxygens (including phenoxy) is 2. The van der Waals surface area contributed by atoms with Gasteiger partial charge < -0.3 is 19.5 Å². The van der Waals surface area contributed by atoms with Gasteiger partial charge in [-0.15, -0.1) is 0 Å². The summed E-state index contributed by atoms with van der Waals surface area (Å²) in [6.45, 7) is 11.3. The monoisotopic (exact) mass is 405 g/mol. The highest BCUT2D eigenvalue weighted by Crippen LogP contribution is 2.16. The number of hydrogen-bond acceptors (Lipinski definition) is 6. The fraction of sp³-hybridized carbons (Fsp3) is 0.682. The number of carbonyl (C=O) groups excluding carboxylic acids is 1. The minimum absolute atomic E-state index is 0.0788. The van der Waals surface area contributed by atoms with Crippen molar-refractivity contribution in [3.8, 4) is 5.75 Å². The van der Waals surface area contributed by atoms with Gasteiger partial charge in [0, 0.05) is 57.9 Å². The highest BCUT2D eigenvalue weighted by molar-refractivity contribution is 5.94. The summed E-state index contributed by atoms with van der Waals surface area (Å²) in [6, 6.07) is 7.30. The van der Waals surface area contributed by atoms with Crippen molar-refractivity contribution in [3.05, 3.63) is 29.8 Å². The number of rotatable bonds is 7. The summed E-state index contributed by atoms with van der Waals surface area (Å²) in [7, 11) is 1.62. The molecule has 0 spiro atoms. The Bertz CT molecular complexity index is 644. The Morgan fingerprint density at radius 3 is 2.45 bits per heavy atom. The molecule has 0 radical (unpaired) electrons. The zero-order valence-electron chi connectivity index (χ0n) is 17.9. The maximum absolute atomic E-state index is 12.7. The Balaban J connectivity index is 1.43. The second kappa shape index (κ2) is 10.4. The topological polar surface area (TPSA) is 65.5 Å². The third-order valence-corrected chi connectivity index (χ3v) is 5.90. The summed E-state index contributed by atoms with van der Waals surface area (Å²) >= 11 is 0. The maximum atomic E-state index is 12.7. The highest BCUT2D eigenvalue weighted by atomic mass is 16.5. The van der Waals surface area contributed by atoms with Crippen LogP contribution in [0.3, 0.4) is 0 Å². The van der Waals surface area contributed by atoms with Gasteiger partial charge in [-0.1, -0.05) is 13.8 Å². The molecule has 0 saturated carbocycles. The van der Waals surface area contributed by atoms with Crippen LogP contribution in [0.2, 0.25) is 0 Å². The lowest BCUT2D eigenvalue weighted by atomic mass is 10.1. The molecular formula is C22H35N3O4. The van der Waals surface area contributed by atoms with Crippen LogP contribution in [0.5, 0.6) is 5.75 Å². The molecule has 2 aliphatic rings. The number of hydrogen-bond donors (Lipinski definition) is 1. The number of aliphatic hydroxyl groups excluding tert-OH is 1. The van der Waals surface area contributed by atoms with Gasteiger partial charge in [-0.3, -0.25) is 14.6 Å². The highest BCUT2D eigenvalue weighted by Gasteiger charge is 2.27. The van der Waals surface area contributed by atoms with E-state index in [1.54, 1.807) is 7.11 Å². The van der Waals surface area contributed by atoms with Crippen molar-refractivity contribution in [2.24, 2.45) is 5.92 Å². The molecule has 0 aromatic heterocycles. The van der Waals surface area contributed by atoms with Crippen LogP contribution in [0.25, 0.3) is 0 Å². The van der Waals surface area contributed by atoms with Crippen LogP contribution >= 0.6 is 0 Å². The number of β-amino-alcohol motifs (C(OH)–C–C–N with tert-alkyl or cyclic N) is 1. The number of carbonyl (C=O) groups is 1. The molecule has 0 bridgehead atoms. The first-order valence-electron chi connectivity index (χ1n) is 10.6. The number of nitrogens with zero attached hydrogens (tertiary/aromatic N) is 3. The van der Waals surface area contributed by atoms with Crippen LogP contribution in [0.15, 0.2) is 24.3 Å². The van der Waals surface area contributed by atoms with Gasteiger partial charge >= 0.3 is 0 Å². The molecule has 29 heavy (non-hydrogen) atoms. The molecule has 1 aromatic carbocycles. The number of amides is 1. The summed E-state index contributed by atoms with van der Waals surface area (Å²) < 4.78 is 11.1. The molecule has 2 fully saturated rings. The van der Waals surface area contributed by atoms with E-state index in [1.165, 1.54) is 0 Å². The number of benzene rings is 1. The van der Waals surface area contributed by atoms with Crippen LogP contribution in [0, 0.1) is 5.92 Å². The number of aliphatic hydroxyl groups is 1. The Labute approximate surface area is 174 Å². The summed E-state index contributed by atoms with van der Waals surface area (Å²) in [4.78, 5) is 19.3. The van der Waals surface area contributed by atoms with Crippen molar-refractivity contribution in [1.82, 2.24) is 14.7 Å². The second-order valence-electron chi connectivity index (χ2n) is 8.39. The molecule has 7 nitrogen and oxygen atoms in total. The van der Waals surface area contributed by atoms with E-state index in [0.717, 1.165) is 51.6 Å². The fourth-order valence-corrected chi connectivity index (χ4v) is 3.87. The van der Waals surface area contributed by atoms with Crippen LogP contribution in [-0.2, 0) is 4.74 Å². The third kappa shape index (κ3) is 6.15. The molecule has 1 amide bonds. The van der Waals surface area contributed by atoms with Gasteiger partial charge in [-0.25, -0.2) is 0 Å². The third-order valence-electron chi connectivity index (χ3n) is 5.90. The summed E-state index contributed by atoms with van der Waals surface area (Å²) in [6.07, 6.45) is -0.131. The van der Waals surface area contributed by atoms with E-state index >= 15 is 0 Å². The van der Waals surface area contributed by atoms with Crippen LogP contribution < -0.4 is 4.74 Å². The molecule has 2 heterocycles. The van der Waals surface area contributed by atoms with E-state index in [0.29, 0.717) is 18.7 Å². The lowest BCUT2D eigenvalue weighted by molar-refractivity contribution is -0.0596. The lowest BCUT2D eigenvalue weighted by Gasteiger charge is -2.39. The number of methoxy groups -OCH3 is 1. The minimum Gasteiger partial charge on any atom is -0.497 e. The van der Waals surface area contributed by atoms with Gasteiger partial charge in [0.2, 0.25) is 0 Å². The molecule has 162 valence electrons. The first-order valence-corrected chi connectivity index (χ1v) is 10.6. The Morgan fingerprint density at radius 1 is 1.14 bits per heavy atom. The van der Waals surface area contributed by atoms with Gasteiger partial charge in [0.05, 0.1) is 25.9 Å². The number of piperazine rings is 1.